The molecule has 3 atom stereocenters. The number of amides is 2. The maximum absolute atomic E-state index is 12.9. The summed E-state index contributed by atoms with van der Waals surface area (Å²) in [6, 6.07) is 11.3. The summed E-state index contributed by atoms with van der Waals surface area (Å²) in [7, 11) is 0. The molecule has 1 aliphatic heterocycles. The van der Waals surface area contributed by atoms with E-state index in [9.17, 15) is 29.7 Å². The Morgan fingerprint density at radius 3 is 2.16 bits per heavy atom. The fourth-order valence-electron chi connectivity index (χ4n) is 3.74. The molecule has 0 radical (unpaired) electrons. The predicted molar refractivity (Wildman–Crippen MR) is 116 cm³/mol. The monoisotopic (exact) mass is 444 g/mol. The van der Waals surface area contributed by atoms with E-state index in [-0.39, 0.29) is 18.0 Å². The smallest absolute Gasteiger partial charge is 0.326 e. The lowest BCUT2D eigenvalue weighted by Gasteiger charge is -2.29. The molecule has 3 unspecified atom stereocenters. The van der Waals surface area contributed by atoms with Crippen LogP contribution < -0.4 is 5.32 Å². The largest absolute Gasteiger partial charge is 0.508 e. The SMILES string of the molecule is O=C(NCC(=O)N1C(C(=O)O)CCC1c1ccc(O)cc1)C(S)Cc1ccc(O)cc1. The van der Waals surface area contributed by atoms with Gasteiger partial charge in [0.1, 0.15) is 17.5 Å². The van der Waals surface area contributed by atoms with Crippen molar-refractivity contribution >= 4 is 30.4 Å². The molecular formula is C22H24N2O6S. The Kier molecular flexibility index (Phi) is 7.06. The van der Waals surface area contributed by atoms with Crippen LogP contribution in [0.3, 0.4) is 0 Å². The van der Waals surface area contributed by atoms with Crippen LogP contribution in [0.2, 0.25) is 0 Å². The fourth-order valence-corrected chi connectivity index (χ4v) is 4.05. The van der Waals surface area contributed by atoms with Gasteiger partial charge >= 0.3 is 5.97 Å². The fraction of sp³-hybridized carbons (Fsp3) is 0.318. The number of carboxylic acid groups (broad SMARTS) is 1. The summed E-state index contributed by atoms with van der Waals surface area (Å²) in [6.45, 7) is -0.343. The van der Waals surface area contributed by atoms with E-state index < -0.39 is 35.1 Å². The summed E-state index contributed by atoms with van der Waals surface area (Å²) >= 11 is 4.29. The molecule has 3 rings (SSSR count). The Labute approximate surface area is 184 Å². The molecule has 0 aromatic heterocycles. The van der Waals surface area contributed by atoms with Gasteiger partial charge in [-0.1, -0.05) is 24.3 Å². The number of hydrogen-bond donors (Lipinski definition) is 5. The quantitative estimate of drug-likeness (QED) is 0.415. The van der Waals surface area contributed by atoms with E-state index in [0.717, 1.165) is 11.1 Å². The van der Waals surface area contributed by atoms with Crippen LogP contribution in [-0.2, 0) is 20.8 Å². The number of carboxylic acids is 1. The standard InChI is InChI=1S/C22H24N2O6S/c25-15-5-1-13(2-6-15)11-19(31)21(28)23-12-20(27)24-17(9-10-18(24)22(29)30)14-3-7-16(26)8-4-14/h1-8,17-19,25-26,31H,9-12H2,(H,23,28)(H,29,30). The number of likely N-dealkylation sites (tertiary alicyclic amines) is 1. The first-order chi connectivity index (χ1) is 14.8. The molecule has 0 aliphatic carbocycles. The summed E-state index contributed by atoms with van der Waals surface area (Å²) in [4.78, 5) is 38.2. The van der Waals surface area contributed by atoms with Gasteiger partial charge < -0.3 is 25.5 Å². The number of nitrogens with one attached hydrogen (secondary N) is 1. The van der Waals surface area contributed by atoms with Crippen LogP contribution in [0, 0.1) is 0 Å². The maximum atomic E-state index is 12.9. The number of phenols is 2. The molecule has 2 amide bonds. The van der Waals surface area contributed by atoms with Crippen molar-refractivity contribution in [1.29, 1.82) is 0 Å². The number of hydrogen-bond acceptors (Lipinski definition) is 6. The number of carbonyl (C=O) groups is 3. The summed E-state index contributed by atoms with van der Waals surface area (Å²) in [6.07, 6.45) is 1.08. The summed E-state index contributed by atoms with van der Waals surface area (Å²) in [5.41, 5.74) is 1.53. The third kappa shape index (κ3) is 5.49. The van der Waals surface area contributed by atoms with Gasteiger partial charge in [0, 0.05) is 0 Å². The number of thiol groups is 1. The van der Waals surface area contributed by atoms with Crippen molar-refractivity contribution in [3.05, 3.63) is 59.7 Å². The molecule has 2 aromatic rings. The van der Waals surface area contributed by atoms with Crippen molar-refractivity contribution in [1.82, 2.24) is 10.2 Å². The van der Waals surface area contributed by atoms with E-state index in [4.69, 9.17) is 0 Å². The molecule has 2 aromatic carbocycles. The average Bonchev–Trinajstić information content (AvgIpc) is 3.19. The van der Waals surface area contributed by atoms with Crippen LogP contribution in [0.1, 0.15) is 30.0 Å². The van der Waals surface area contributed by atoms with Gasteiger partial charge in [0.15, 0.2) is 0 Å². The lowest BCUT2D eigenvalue weighted by molar-refractivity contribution is -0.149. The molecule has 31 heavy (non-hydrogen) atoms. The molecule has 0 spiro atoms. The zero-order valence-corrected chi connectivity index (χ0v) is 17.5. The highest BCUT2D eigenvalue weighted by molar-refractivity contribution is 7.81. The average molecular weight is 445 g/mol. The van der Waals surface area contributed by atoms with E-state index in [1.54, 1.807) is 24.3 Å². The third-order valence-electron chi connectivity index (χ3n) is 5.32. The molecule has 8 nitrogen and oxygen atoms in total. The number of rotatable bonds is 7. The molecule has 1 aliphatic rings. The van der Waals surface area contributed by atoms with Gasteiger partial charge in [-0.25, -0.2) is 4.79 Å². The van der Waals surface area contributed by atoms with Crippen molar-refractivity contribution in [3.63, 3.8) is 0 Å². The van der Waals surface area contributed by atoms with Gasteiger partial charge in [-0.05, 0) is 54.7 Å². The number of aromatic hydroxyl groups is 2. The maximum Gasteiger partial charge on any atom is 0.326 e. The van der Waals surface area contributed by atoms with Crippen molar-refractivity contribution in [2.45, 2.75) is 36.6 Å². The topological polar surface area (TPSA) is 127 Å². The van der Waals surface area contributed by atoms with Gasteiger partial charge in [0.2, 0.25) is 11.8 Å². The van der Waals surface area contributed by atoms with E-state index in [1.165, 1.54) is 29.2 Å². The number of phenolic OH excluding ortho intramolecular Hbond substituents is 2. The van der Waals surface area contributed by atoms with Gasteiger partial charge in [0.05, 0.1) is 17.8 Å². The number of carbonyl (C=O) groups excluding carboxylic acids is 2. The molecule has 1 fully saturated rings. The minimum atomic E-state index is -1.10. The van der Waals surface area contributed by atoms with E-state index in [0.29, 0.717) is 19.3 Å². The van der Waals surface area contributed by atoms with Crippen LogP contribution in [0.15, 0.2) is 48.5 Å². The van der Waals surface area contributed by atoms with E-state index >= 15 is 0 Å². The molecule has 0 saturated carbocycles. The lowest BCUT2D eigenvalue weighted by Crippen LogP contribution is -2.47. The zero-order valence-electron chi connectivity index (χ0n) is 16.6. The Morgan fingerprint density at radius 1 is 1.00 bits per heavy atom. The summed E-state index contributed by atoms with van der Waals surface area (Å²) < 4.78 is 0. The Balaban J connectivity index is 1.64. The first kappa shape index (κ1) is 22.5. The van der Waals surface area contributed by atoms with Gasteiger partial charge in [0.25, 0.3) is 0 Å². The van der Waals surface area contributed by atoms with Crippen LogP contribution in [0.5, 0.6) is 11.5 Å². The number of nitrogens with zero attached hydrogens (tertiary/aromatic N) is 1. The zero-order chi connectivity index (χ0) is 22.5. The minimum absolute atomic E-state index is 0.0788. The van der Waals surface area contributed by atoms with Crippen molar-refractivity contribution < 1.29 is 29.7 Å². The van der Waals surface area contributed by atoms with E-state index in [1.807, 2.05) is 0 Å². The third-order valence-corrected chi connectivity index (χ3v) is 5.73. The molecule has 1 saturated heterocycles. The molecule has 4 N–H and O–H groups in total. The lowest BCUT2D eigenvalue weighted by atomic mass is 10.0. The highest BCUT2D eigenvalue weighted by Gasteiger charge is 2.41. The molecular weight excluding hydrogens is 420 g/mol. The predicted octanol–water partition coefficient (Wildman–Crippen LogP) is 1.87. The Morgan fingerprint density at radius 2 is 1.58 bits per heavy atom. The van der Waals surface area contributed by atoms with Crippen molar-refractivity contribution in [2.24, 2.45) is 0 Å². The molecule has 164 valence electrons. The minimum Gasteiger partial charge on any atom is -0.508 e. The Hall–Kier alpha value is -3.20. The van der Waals surface area contributed by atoms with Crippen LogP contribution in [0.4, 0.5) is 0 Å². The van der Waals surface area contributed by atoms with Crippen LogP contribution >= 0.6 is 12.6 Å². The van der Waals surface area contributed by atoms with Gasteiger partial charge in [-0.2, -0.15) is 12.6 Å². The second-order valence-corrected chi connectivity index (χ2v) is 8.07. The molecule has 1 heterocycles. The van der Waals surface area contributed by atoms with Gasteiger partial charge in [-0.3, -0.25) is 9.59 Å². The van der Waals surface area contributed by atoms with Gasteiger partial charge in [-0.15, -0.1) is 0 Å². The number of aliphatic carboxylic acids is 1. The van der Waals surface area contributed by atoms with Crippen molar-refractivity contribution in [2.75, 3.05) is 6.54 Å². The number of benzene rings is 2. The first-order valence-electron chi connectivity index (χ1n) is 9.83. The van der Waals surface area contributed by atoms with E-state index in [2.05, 4.69) is 17.9 Å². The molecule has 9 heteroatoms. The van der Waals surface area contributed by atoms with Crippen LogP contribution in [0.25, 0.3) is 0 Å². The second kappa shape index (κ2) is 9.74. The Bertz CT molecular complexity index is 947. The highest BCUT2D eigenvalue weighted by atomic mass is 32.1. The normalized spacial score (nSPS) is 19.1. The summed E-state index contributed by atoms with van der Waals surface area (Å²) in [5.74, 6) is -1.84. The molecule has 0 bridgehead atoms. The van der Waals surface area contributed by atoms with Crippen LogP contribution in [-0.4, -0.2) is 55.8 Å². The second-order valence-electron chi connectivity index (χ2n) is 7.44. The summed E-state index contributed by atoms with van der Waals surface area (Å²) in [5, 5.41) is 30.2. The van der Waals surface area contributed by atoms with Crippen molar-refractivity contribution in [3.8, 4) is 11.5 Å². The first-order valence-corrected chi connectivity index (χ1v) is 10.3. The highest BCUT2D eigenvalue weighted by Crippen LogP contribution is 2.36.